The summed E-state index contributed by atoms with van der Waals surface area (Å²) in [6.07, 6.45) is 8.60. The normalized spacial score (nSPS) is 12.7. The Kier molecular flexibility index (Phi) is 13.4. The first-order valence-corrected chi connectivity index (χ1v) is 15.8. The molecule has 230 valence electrons. The third-order valence-electron chi connectivity index (χ3n) is 8.08. The summed E-state index contributed by atoms with van der Waals surface area (Å²) in [4.78, 5) is 25.5. The van der Waals surface area contributed by atoms with Crippen LogP contribution >= 0.6 is 0 Å². The minimum Gasteiger partial charge on any atom is -0.481 e. The lowest BCUT2D eigenvalue weighted by Gasteiger charge is -2.20. The number of unbranched alkanes of at least 4 members (excludes halogenated alkanes) is 2. The molecule has 3 aromatic carbocycles. The second-order valence-electron chi connectivity index (χ2n) is 11.5. The number of hydrogen-bond donors (Lipinski definition) is 0. The van der Waals surface area contributed by atoms with E-state index in [1.54, 1.807) is 0 Å². The molecule has 3 rings (SSSR count). The van der Waals surface area contributed by atoms with Gasteiger partial charge >= 0.3 is 11.9 Å². The molecule has 0 amide bonds. The molecule has 0 saturated heterocycles. The van der Waals surface area contributed by atoms with Gasteiger partial charge < -0.3 is 18.9 Å². The van der Waals surface area contributed by atoms with Crippen LogP contribution in [-0.4, -0.2) is 38.4 Å². The van der Waals surface area contributed by atoms with Gasteiger partial charge in [0.2, 0.25) is 0 Å². The second-order valence-corrected chi connectivity index (χ2v) is 11.5. The third-order valence-corrected chi connectivity index (χ3v) is 8.08. The Morgan fingerprint density at radius 3 is 1.69 bits per heavy atom. The highest BCUT2D eigenvalue weighted by Crippen LogP contribution is 2.44. The monoisotopic (exact) mass is 578 g/mol. The zero-order valence-corrected chi connectivity index (χ0v) is 26.6. The smallest absolute Gasteiger partial charge is 0.344 e. The molecule has 6 heteroatoms. The van der Waals surface area contributed by atoms with Crippen LogP contribution in [0.2, 0.25) is 0 Å². The van der Waals surface area contributed by atoms with E-state index < -0.39 is 0 Å². The molecule has 0 radical (unpaired) electrons. The lowest BCUT2D eigenvalue weighted by atomic mass is 9.95. The molecule has 0 N–H and O–H groups in total. The highest BCUT2D eigenvalue weighted by molar-refractivity contribution is 6.12. The first-order chi connectivity index (χ1) is 20.3. The summed E-state index contributed by atoms with van der Waals surface area (Å²) < 4.78 is 23.7. The number of fused-ring (bicyclic) bond motifs is 2. The lowest BCUT2D eigenvalue weighted by Crippen LogP contribution is -2.20. The van der Waals surface area contributed by atoms with Gasteiger partial charge in [0.1, 0.15) is 11.5 Å². The van der Waals surface area contributed by atoms with Crippen molar-refractivity contribution in [1.29, 1.82) is 0 Å². The number of rotatable bonds is 18. The quantitative estimate of drug-likeness (QED) is 0.111. The number of carbonyl (C=O) groups is 2. The summed E-state index contributed by atoms with van der Waals surface area (Å²) in [7, 11) is 0. The zero-order chi connectivity index (χ0) is 30.5. The van der Waals surface area contributed by atoms with Crippen LogP contribution in [0.1, 0.15) is 90.2 Å². The van der Waals surface area contributed by atoms with E-state index >= 15 is 0 Å². The average molecular weight is 579 g/mol. The molecule has 0 spiro atoms. The van der Waals surface area contributed by atoms with Crippen molar-refractivity contribution in [3.63, 3.8) is 0 Å². The highest BCUT2D eigenvalue weighted by atomic mass is 16.6. The van der Waals surface area contributed by atoms with Gasteiger partial charge in [0.05, 0.1) is 13.2 Å². The molecule has 3 aromatic rings. The Balaban J connectivity index is 1.84. The van der Waals surface area contributed by atoms with Gasteiger partial charge in [-0.15, -0.1) is 0 Å². The molecule has 2 unspecified atom stereocenters. The largest absolute Gasteiger partial charge is 0.481 e. The lowest BCUT2D eigenvalue weighted by molar-refractivity contribution is -0.148. The SMILES string of the molecule is CCCCC(CC)COC(=O)COc1c2ccccc2c(OCC(=O)OCC(CC)CCCC)c2c(C)cc(C)cc12. The van der Waals surface area contributed by atoms with Gasteiger partial charge in [0.25, 0.3) is 0 Å². The second kappa shape index (κ2) is 17.0. The van der Waals surface area contributed by atoms with Crippen molar-refractivity contribution in [2.24, 2.45) is 11.8 Å². The van der Waals surface area contributed by atoms with E-state index in [-0.39, 0.29) is 25.2 Å². The van der Waals surface area contributed by atoms with Gasteiger partial charge in [0.15, 0.2) is 13.2 Å². The van der Waals surface area contributed by atoms with Crippen LogP contribution in [0.4, 0.5) is 0 Å². The van der Waals surface area contributed by atoms with E-state index in [0.717, 1.165) is 84.0 Å². The first kappa shape index (κ1) is 33.2. The minimum atomic E-state index is -0.376. The number of hydrogen-bond acceptors (Lipinski definition) is 6. The van der Waals surface area contributed by atoms with E-state index in [1.165, 1.54) is 0 Å². The van der Waals surface area contributed by atoms with Crippen molar-refractivity contribution < 1.29 is 28.5 Å². The van der Waals surface area contributed by atoms with E-state index in [2.05, 4.69) is 33.8 Å². The summed E-state index contributed by atoms with van der Waals surface area (Å²) in [5, 5.41) is 3.32. The molecule has 0 aliphatic carbocycles. The number of carbonyl (C=O) groups excluding carboxylic acids is 2. The van der Waals surface area contributed by atoms with Crippen LogP contribution in [-0.2, 0) is 19.1 Å². The molecule has 0 fully saturated rings. The zero-order valence-electron chi connectivity index (χ0n) is 26.6. The van der Waals surface area contributed by atoms with Crippen LogP contribution < -0.4 is 9.47 Å². The van der Waals surface area contributed by atoms with Gasteiger partial charge in [-0.05, 0) is 50.2 Å². The Bertz CT molecular complexity index is 1310. The predicted molar refractivity (Wildman–Crippen MR) is 170 cm³/mol. The van der Waals surface area contributed by atoms with E-state index in [0.29, 0.717) is 36.5 Å². The van der Waals surface area contributed by atoms with Crippen LogP contribution in [0, 0.1) is 25.7 Å². The van der Waals surface area contributed by atoms with Gasteiger partial charge in [0, 0.05) is 21.5 Å². The fourth-order valence-electron chi connectivity index (χ4n) is 5.48. The maximum atomic E-state index is 12.7. The van der Waals surface area contributed by atoms with Gasteiger partial charge in [-0.25, -0.2) is 9.59 Å². The molecule has 0 heterocycles. The highest BCUT2D eigenvalue weighted by Gasteiger charge is 2.21. The molecule has 42 heavy (non-hydrogen) atoms. The van der Waals surface area contributed by atoms with Crippen molar-refractivity contribution in [2.75, 3.05) is 26.4 Å². The molecule has 2 atom stereocenters. The Morgan fingerprint density at radius 2 is 1.19 bits per heavy atom. The van der Waals surface area contributed by atoms with Gasteiger partial charge in [-0.1, -0.05) is 102 Å². The molecular weight excluding hydrogens is 528 g/mol. The molecular formula is C36H50O6. The molecule has 0 bridgehead atoms. The van der Waals surface area contributed by atoms with Gasteiger partial charge in [-0.3, -0.25) is 0 Å². The Hall–Kier alpha value is -3.28. The predicted octanol–water partition coefficient (Wildman–Crippen LogP) is 8.89. The number of aryl methyl sites for hydroxylation is 2. The van der Waals surface area contributed by atoms with Crippen molar-refractivity contribution in [3.8, 4) is 11.5 Å². The summed E-state index contributed by atoms with van der Waals surface area (Å²) >= 11 is 0. The third kappa shape index (κ3) is 9.11. The van der Waals surface area contributed by atoms with Crippen LogP contribution in [0.5, 0.6) is 11.5 Å². The summed E-state index contributed by atoms with van der Waals surface area (Å²) in [5.74, 6) is 1.21. The summed E-state index contributed by atoms with van der Waals surface area (Å²) in [6, 6.07) is 11.9. The fraction of sp³-hybridized carbons (Fsp3) is 0.556. The molecule has 0 aliphatic heterocycles. The van der Waals surface area contributed by atoms with Crippen molar-refractivity contribution in [1.82, 2.24) is 0 Å². The topological polar surface area (TPSA) is 71.1 Å². The van der Waals surface area contributed by atoms with E-state index in [1.807, 2.05) is 44.2 Å². The average Bonchev–Trinajstić information content (AvgIpc) is 2.99. The molecule has 0 aromatic heterocycles. The van der Waals surface area contributed by atoms with Crippen molar-refractivity contribution in [2.45, 2.75) is 92.9 Å². The van der Waals surface area contributed by atoms with Crippen LogP contribution in [0.15, 0.2) is 36.4 Å². The summed E-state index contributed by atoms with van der Waals surface area (Å²) in [6.45, 7) is 13.1. The molecule has 0 aliphatic rings. The fourth-order valence-corrected chi connectivity index (χ4v) is 5.48. The first-order valence-electron chi connectivity index (χ1n) is 15.8. The Morgan fingerprint density at radius 1 is 0.690 bits per heavy atom. The molecule has 0 saturated carbocycles. The molecule has 6 nitrogen and oxygen atoms in total. The van der Waals surface area contributed by atoms with Crippen molar-refractivity contribution in [3.05, 3.63) is 47.5 Å². The van der Waals surface area contributed by atoms with E-state index in [9.17, 15) is 9.59 Å². The minimum absolute atomic E-state index is 0.181. The number of esters is 2. The maximum Gasteiger partial charge on any atom is 0.344 e. The summed E-state index contributed by atoms with van der Waals surface area (Å²) in [5.41, 5.74) is 2.06. The van der Waals surface area contributed by atoms with Crippen LogP contribution in [0.3, 0.4) is 0 Å². The van der Waals surface area contributed by atoms with Crippen molar-refractivity contribution >= 4 is 33.5 Å². The number of benzene rings is 3. The Labute approximate surface area is 252 Å². The van der Waals surface area contributed by atoms with Gasteiger partial charge in [-0.2, -0.15) is 0 Å². The standard InChI is InChI=1S/C36H50O6/c1-7-11-15-27(9-3)21-39-32(37)23-41-35-29-17-13-14-18-30(29)36(34-26(6)19-25(5)20-31(34)35)42-24-33(38)40-22-28(10-4)16-12-8-2/h13-14,17-20,27-28H,7-12,15-16,21-24H2,1-6H3. The van der Waals surface area contributed by atoms with E-state index in [4.69, 9.17) is 18.9 Å². The maximum absolute atomic E-state index is 12.7. The number of ether oxygens (including phenoxy) is 4. The van der Waals surface area contributed by atoms with Crippen LogP contribution in [0.25, 0.3) is 21.5 Å².